The predicted octanol–water partition coefficient (Wildman–Crippen LogP) is 2.70. The molecule has 1 aliphatic heterocycles. The smallest absolute Gasteiger partial charge is 0.131 e. The molecule has 1 saturated heterocycles. The summed E-state index contributed by atoms with van der Waals surface area (Å²) in [6.07, 6.45) is 3.45. The van der Waals surface area contributed by atoms with Crippen molar-refractivity contribution in [1.82, 2.24) is 15.3 Å². The van der Waals surface area contributed by atoms with E-state index in [1.54, 1.807) is 0 Å². The molecule has 0 radical (unpaired) electrons. The van der Waals surface area contributed by atoms with Gasteiger partial charge in [-0.1, -0.05) is 0 Å². The van der Waals surface area contributed by atoms with E-state index in [0.29, 0.717) is 6.10 Å². The number of nitrogens with one attached hydrogen (secondary N) is 1. The van der Waals surface area contributed by atoms with Crippen LogP contribution in [0.25, 0.3) is 0 Å². The number of hydrogen-bond acceptors (Lipinski definition) is 4. The van der Waals surface area contributed by atoms with Crippen molar-refractivity contribution in [3.8, 4) is 0 Å². The van der Waals surface area contributed by atoms with Crippen LogP contribution in [-0.4, -0.2) is 28.2 Å². The van der Waals surface area contributed by atoms with Gasteiger partial charge in [0.15, 0.2) is 0 Å². The molecule has 4 nitrogen and oxygen atoms in total. The van der Waals surface area contributed by atoms with Crippen molar-refractivity contribution >= 4 is 0 Å². The molecule has 0 aromatic carbocycles. The number of nitrogens with zero attached hydrogens (tertiary/aromatic N) is 2. The molecular formula is C16H27N3O. The van der Waals surface area contributed by atoms with Gasteiger partial charge in [-0.25, -0.2) is 9.97 Å². The van der Waals surface area contributed by atoms with Gasteiger partial charge in [-0.3, -0.25) is 0 Å². The predicted molar refractivity (Wildman–Crippen MR) is 80.8 cm³/mol. The first-order valence-corrected chi connectivity index (χ1v) is 7.55. The Morgan fingerprint density at radius 2 is 1.85 bits per heavy atom. The molecular weight excluding hydrogens is 250 g/mol. The van der Waals surface area contributed by atoms with E-state index in [1.165, 1.54) is 5.56 Å². The molecule has 1 aromatic rings. The average molecular weight is 277 g/mol. The van der Waals surface area contributed by atoms with Crippen LogP contribution < -0.4 is 5.32 Å². The van der Waals surface area contributed by atoms with Crippen LogP contribution in [0, 0.1) is 13.8 Å². The summed E-state index contributed by atoms with van der Waals surface area (Å²) in [6.45, 7) is 12.4. The van der Waals surface area contributed by atoms with Gasteiger partial charge >= 0.3 is 0 Å². The zero-order valence-electron chi connectivity index (χ0n) is 13.4. The van der Waals surface area contributed by atoms with E-state index in [4.69, 9.17) is 4.74 Å². The second-order valence-electron chi connectivity index (χ2n) is 6.73. The standard InChI is InChI=1S/C16H27N3O/c1-11-14(10-17-16(3,4)5)12(2)19-15(18-11)9-13-7-6-8-20-13/h13,17H,6-10H2,1-5H3. The molecule has 2 heterocycles. The first kappa shape index (κ1) is 15.4. The average Bonchev–Trinajstić information content (AvgIpc) is 2.79. The Hall–Kier alpha value is -1.00. The molecule has 1 unspecified atom stereocenters. The van der Waals surface area contributed by atoms with Gasteiger partial charge in [0, 0.05) is 42.1 Å². The highest BCUT2D eigenvalue weighted by molar-refractivity contribution is 5.24. The molecule has 0 amide bonds. The summed E-state index contributed by atoms with van der Waals surface area (Å²) < 4.78 is 5.67. The van der Waals surface area contributed by atoms with Crippen molar-refractivity contribution in [1.29, 1.82) is 0 Å². The molecule has 0 spiro atoms. The Balaban J connectivity index is 2.07. The summed E-state index contributed by atoms with van der Waals surface area (Å²) in [5.41, 5.74) is 3.50. The molecule has 1 aromatic heterocycles. The number of aromatic nitrogens is 2. The Kier molecular flexibility index (Phi) is 4.76. The minimum Gasteiger partial charge on any atom is -0.378 e. The van der Waals surface area contributed by atoms with E-state index in [-0.39, 0.29) is 5.54 Å². The van der Waals surface area contributed by atoms with Crippen LogP contribution in [0.15, 0.2) is 0 Å². The quantitative estimate of drug-likeness (QED) is 0.919. The van der Waals surface area contributed by atoms with E-state index in [2.05, 4.69) is 49.9 Å². The van der Waals surface area contributed by atoms with Gasteiger partial charge in [0.25, 0.3) is 0 Å². The monoisotopic (exact) mass is 277 g/mol. The summed E-state index contributed by atoms with van der Waals surface area (Å²) in [6, 6.07) is 0. The van der Waals surface area contributed by atoms with E-state index in [9.17, 15) is 0 Å². The highest BCUT2D eigenvalue weighted by Crippen LogP contribution is 2.18. The Bertz CT molecular complexity index is 436. The van der Waals surface area contributed by atoms with Crippen molar-refractivity contribution < 1.29 is 4.74 Å². The first-order valence-electron chi connectivity index (χ1n) is 7.55. The molecule has 0 bridgehead atoms. The lowest BCUT2D eigenvalue weighted by molar-refractivity contribution is 0.110. The van der Waals surface area contributed by atoms with Crippen molar-refractivity contribution in [3.05, 3.63) is 22.8 Å². The summed E-state index contributed by atoms with van der Waals surface area (Å²) in [4.78, 5) is 9.33. The van der Waals surface area contributed by atoms with Gasteiger partial charge < -0.3 is 10.1 Å². The molecule has 112 valence electrons. The van der Waals surface area contributed by atoms with Gasteiger partial charge in [-0.15, -0.1) is 0 Å². The molecule has 1 atom stereocenters. The molecule has 1 fully saturated rings. The third kappa shape index (κ3) is 4.25. The van der Waals surface area contributed by atoms with Gasteiger partial charge in [-0.2, -0.15) is 0 Å². The SMILES string of the molecule is Cc1nc(CC2CCCO2)nc(C)c1CNC(C)(C)C. The van der Waals surface area contributed by atoms with Gasteiger partial charge in [0.2, 0.25) is 0 Å². The maximum absolute atomic E-state index is 5.67. The normalized spacial score (nSPS) is 19.6. The Morgan fingerprint density at radius 3 is 2.35 bits per heavy atom. The second-order valence-corrected chi connectivity index (χ2v) is 6.73. The molecule has 20 heavy (non-hydrogen) atoms. The number of hydrogen-bond donors (Lipinski definition) is 1. The third-order valence-corrected chi connectivity index (χ3v) is 3.70. The molecule has 0 aliphatic carbocycles. The fraction of sp³-hybridized carbons (Fsp3) is 0.750. The molecule has 1 aliphatic rings. The lowest BCUT2D eigenvalue weighted by Crippen LogP contribution is -2.35. The topological polar surface area (TPSA) is 47.0 Å². The first-order chi connectivity index (χ1) is 9.35. The number of aryl methyl sites for hydroxylation is 2. The van der Waals surface area contributed by atoms with Crippen LogP contribution in [0.1, 0.15) is 56.4 Å². The van der Waals surface area contributed by atoms with Crippen LogP contribution in [0.2, 0.25) is 0 Å². The highest BCUT2D eigenvalue weighted by Gasteiger charge is 2.19. The fourth-order valence-corrected chi connectivity index (χ4v) is 2.52. The summed E-state index contributed by atoms with van der Waals surface area (Å²) in [5.74, 6) is 0.923. The number of ether oxygens (including phenoxy) is 1. The van der Waals surface area contributed by atoms with Crippen LogP contribution in [0.5, 0.6) is 0 Å². The van der Waals surface area contributed by atoms with Crippen LogP contribution in [0.4, 0.5) is 0 Å². The largest absolute Gasteiger partial charge is 0.378 e. The lowest BCUT2D eigenvalue weighted by Gasteiger charge is -2.22. The van der Waals surface area contributed by atoms with Crippen molar-refractivity contribution in [2.24, 2.45) is 0 Å². The minimum atomic E-state index is 0.106. The summed E-state index contributed by atoms with van der Waals surface area (Å²) >= 11 is 0. The van der Waals surface area contributed by atoms with E-state index in [0.717, 1.165) is 49.6 Å². The van der Waals surface area contributed by atoms with Gasteiger partial charge in [-0.05, 0) is 47.5 Å². The lowest BCUT2D eigenvalue weighted by atomic mass is 10.1. The van der Waals surface area contributed by atoms with Crippen LogP contribution >= 0.6 is 0 Å². The van der Waals surface area contributed by atoms with E-state index < -0.39 is 0 Å². The molecule has 4 heteroatoms. The summed E-state index contributed by atoms with van der Waals surface area (Å²) in [5, 5.41) is 3.51. The second kappa shape index (κ2) is 6.19. The fourth-order valence-electron chi connectivity index (χ4n) is 2.52. The Morgan fingerprint density at radius 1 is 1.20 bits per heavy atom. The van der Waals surface area contributed by atoms with Gasteiger partial charge in [0.05, 0.1) is 6.10 Å². The number of rotatable bonds is 4. The Labute approximate surface area is 122 Å². The van der Waals surface area contributed by atoms with Crippen LogP contribution in [-0.2, 0) is 17.7 Å². The van der Waals surface area contributed by atoms with Crippen molar-refractivity contribution in [2.75, 3.05) is 6.61 Å². The maximum Gasteiger partial charge on any atom is 0.131 e. The van der Waals surface area contributed by atoms with Gasteiger partial charge in [0.1, 0.15) is 5.82 Å². The third-order valence-electron chi connectivity index (χ3n) is 3.70. The van der Waals surface area contributed by atoms with Crippen molar-refractivity contribution in [2.45, 2.75) is 72.1 Å². The molecule has 2 rings (SSSR count). The van der Waals surface area contributed by atoms with Crippen molar-refractivity contribution in [3.63, 3.8) is 0 Å². The summed E-state index contributed by atoms with van der Waals surface area (Å²) in [7, 11) is 0. The van der Waals surface area contributed by atoms with E-state index >= 15 is 0 Å². The molecule has 0 saturated carbocycles. The van der Waals surface area contributed by atoms with E-state index in [1.807, 2.05) is 0 Å². The van der Waals surface area contributed by atoms with Crippen LogP contribution in [0.3, 0.4) is 0 Å². The zero-order valence-corrected chi connectivity index (χ0v) is 13.4. The maximum atomic E-state index is 5.67. The zero-order chi connectivity index (χ0) is 14.8. The minimum absolute atomic E-state index is 0.106. The molecule has 1 N–H and O–H groups in total. The highest BCUT2D eigenvalue weighted by atomic mass is 16.5.